The highest BCUT2D eigenvalue weighted by molar-refractivity contribution is 8.07. The van der Waals surface area contributed by atoms with E-state index in [1.165, 1.54) is 11.1 Å². The number of benzene rings is 2. The Kier molecular flexibility index (Phi) is 11.7. The molecule has 0 atom stereocenters. The van der Waals surface area contributed by atoms with Gasteiger partial charge in [0.15, 0.2) is 6.61 Å². The fourth-order valence-corrected chi connectivity index (χ4v) is 6.55. The zero-order valence-corrected chi connectivity index (χ0v) is 29.2. The Balaban J connectivity index is 0.000000205. The first kappa shape index (κ1) is 37.4. The molecule has 0 aromatic heterocycles. The summed E-state index contributed by atoms with van der Waals surface area (Å²) in [6.45, 7) is 4.06. The number of allylic oxidation sites excluding steroid dienone is 1. The van der Waals surface area contributed by atoms with Crippen molar-refractivity contribution >= 4 is 61.9 Å². The number of amidine groups is 1. The normalized spacial score (nSPS) is 16.7. The first-order valence-corrected chi connectivity index (χ1v) is 17.9. The summed E-state index contributed by atoms with van der Waals surface area (Å²) in [5.74, 6) is -4.27. The van der Waals surface area contributed by atoms with Crippen molar-refractivity contribution in [3.8, 4) is 5.75 Å². The molecule has 2 aromatic rings. The maximum Gasteiger partial charge on any atom is 0.344 e. The van der Waals surface area contributed by atoms with Gasteiger partial charge >= 0.3 is 5.97 Å². The van der Waals surface area contributed by atoms with E-state index in [-0.39, 0.29) is 22.4 Å². The third-order valence-electron chi connectivity index (χ3n) is 7.96. The lowest BCUT2D eigenvalue weighted by molar-refractivity contribution is -0.146. The van der Waals surface area contributed by atoms with Crippen LogP contribution in [0.1, 0.15) is 58.8 Å². The summed E-state index contributed by atoms with van der Waals surface area (Å²) in [5, 5.41) is 0.859. The molecular formula is C33H34ClF3N6O7S. The fraction of sp³-hybridized carbons (Fsp3) is 0.364. The molecule has 2 aromatic carbocycles. The van der Waals surface area contributed by atoms with E-state index in [2.05, 4.69) is 15.4 Å². The summed E-state index contributed by atoms with van der Waals surface area (Å²) in [6.07, 6.45) is 7.17. The van der Waals surface area contributed by atoms with Crippen molar-refractivity contribution in [2.45, 2.75) is 58.8 Å². The van der Waals surface area contributed by atoms with Crippen molar-refractivity contribution in [2.24, 2.45) is 9.98 Å². The fourth-order valence-electron chi connectivity index (χ4n) is 5.35. The number of hydrogen-bond donors (Lipinski definition) is 2. The number of nitrogens with one attached hydrogen (secondary N) is 2. The molecule has 2 N–H and O–H groups in total. The number of hydrazine groups is 1. The Bertz CT molecular complexity index is 1940. The maximum atomic E-state index is 14.5. The smallest absolute Gasteiger partial charge is 0.344 e. The zero-order valence-electron chi connectivity index (χ0n) is 27.6. The Morgan fingerprint density at radius 3 is 2.33 bits per heavy atom. The average Bonchev–Trinajstić information content (AvgIpc) is 3.63. The molecule has 0 bridgehead atoms. The molecule has 51 heavy (non-hydrogen) atoms. The quantitative estimate of drug-likeness (QED) is 0.182. The molecule has 6 rings (SSSR count). The molecular weight excluding hydrogens is 717 g/mol. The van der Waals surface area contributed by atoms with Gasteiger partial charge in [-0.15, -0.1) is 0 Å². The SMILES string of the molecule is CC1=CCN2NC(S(=O)(=O)Nc3c(F)cccc3F)=NC2=N1.CCCCCOC(=O)COc1cc(N2C(=O)C3=C(CCCC3)C2=O)c(F)cc1Cl. The van der Waals surface area contributed by atoms with Gasteiger partial charge in [-0.2, -0.15) is 13.4 Å². The second kappa shape index (κ2) is 16.0. The molecule has 0 saturated heterocycles. The van der Waals surface area contributed by atoms with Gasteiger partial charge in [0.2, 0.25) is 5.96 Å². The van der Waals surface area contributed by atoms with Gasteiger partial charge in [-0.1, -0.05) is 37.4 Å². The minimum Gasteiger partial charge on any atom is -0.480 e. The lowest BCUT2D eigenvalue weighted by Gasteiger charge is -2.19. The van der Waals surface area contributed by atoms with Crippen molar-refractivity contribution in [3.63, 3.8) is 0 Å². The number of esters is 1. The summed E-state index contributed by atoms with van der Waals surface area (Å²) in [4.78, 5) is 45.8. The van der Waals surface area contributed by atoms with Crippen LogP contribution in [-0.4, -0.2) is 62.1 Å². The standard InChI is InChI=1S/C21H23ClFNO5.C12H11F2N5O2S/c1-2-3-6-9-28-19(25)12-29-18-11-17(16(23)10-15(18)22)24-20(26)13-7-4-5-8-14(13)21(24)27;1-7-5-6-19-11(15-7)16-12(17-19)22(20,21)18-10-8(13)3-2-4-9(10)14/h10-11H,2-9,12H2,1H3;2-5,18H,6H2,1H3,(H,15,16,17). The van der Waals surface area contributed by atoms with Gasteiger partial charge in [-0.05, 0) is 63.3 Å². The van der Waals surface area contributed by atoms with Gasteiger partial charge in [0, 0.05) is 22.9 Å². The minimum absolute atomic E-state index is 0.000883. The van der Waals surface area contributed by atoms with Gasteiger partial charge in [-0.3, -0.25) is 19.7 Å². The van der Waals surface area contributed by atoms with Gasteiger partial charge in [0.1, 0.15) is 28.9 Å². The van der Waals surface area contributed by atoms with E-state index in [1.54, 1.807) is 13.0 Å². The third kappa shape index (κ3) is 8.53. The lowest BCUT2D eigenvalue weighted by atomic mass is 9.93. The van der Waals surface area contributed by atoms with Crippen LogP contribution in [0.2, 0.25) is 5.02 Å². The molecule has 272 valence electrons. The number of carbonyl (C=O) groups is 3. The van der Waals surface area contributed by atoms with E-state index in [0.717, 1.165) is 61.3 Å². The van der Waals surface area contributed by atoms with Crippen LogP contribution in [0.4, 0.5) is 24.5 Å². The van der Waals surface area contributed by atoms with Crippen LogP contribution in [0.5, 0.6) is 5.75 Å². The first-order valence-electron chi connectivity index (χ1n) is 16.0. The van der Waals surface area contributed by atoms with Gasteiger partial charge in [-0.25, -0.2) is 32.9 Å². The number of guanidine groups is 1. The maximum absolute atomic E-state index is 14.5. The van der Waals surface area contributed by atoms with Crippen molar-refractivity contribution in [2.75, 3.05) is 29.4 Å². The number of sulfonamides is 1. The number of fused-ring (bicyclic) bond motifs is 1. The van der Waals surface area contributed by atoms with Crippen molar-refractivity contribution in [3.05, 3.63) is 75.7 Å². The highest BCUT2D eigenvalue weighted by atomic mass is 35.5. The summed E-state index contributed by atoms with van der Waals surface area (Å²) >= 11 is 6.02. The van der Waals surface area contributed by atoms with Crippen LogP contribution in [0.15, 0.2) is 63.2 Å². The van der Waals surface area contributed by atoms with Gasteiger partial charge in [0.05, 0.1) is 23.9 Å². The number of unbranched alkanes of at least 4 members (excludes halogenated alkanes) is 2. The Labute approximate surface area is 296 Å². The largest absolute Gasteiger partial charge is 0.480 e. The summed E-state index contributed by atoms with van der Waals surface area (Å²) in [6, 6.07) is 5.18. The number of imide groups is 1. The predicted octanol–water partition coefficient (Wildman–Crippen LogP) is 5.49. The molecule has 1 aliphatic carbocycles. The molecule has 3 aliphatic heterocycles. The zero-order chi connectivity index (χ0) is 36.9. The predicted molar refractivity (Wildman–Crippen MR) is 183 cm³/mol. The first-order chi connectivity index (χ1) is 24.3. The number of para-hydroxylation sites is 1. The number of hydrogen-bond acceptors (Lipinski definition) is 11. The second-order valence-electron chi connectivity index (χ2n) is 11.7. The highest BCUT2D eigenvalue weighted by Crippen LogP contribution is 2.39. The van der Waals surface area contributed by atoms with Crippen LogP contribution < -0.4 is 19.8 Å². The second-order valence-corrected chi connectivity index (χ2v) is 13.7. The highest BCUT2D eigenvalue weighted by Gasteiger charge is 2.41. The number of carbonyl (C=O) groups excluding carboxylic acids is 3. The number of ether oxygens (including phenoxy) is 2. The number of aliphatic imine (C=N–C) groups is 2. The van der Waals surface area contributed by atoms with Gasteiger partial charge in [0.25, 0.3) is 27.0 Å². The van der Waals surface area contributed by atoms with Crippen LogP contribution in [0.25, 0.3) is 0 Å². The summed E-state index contributed by atoms with van der Waals surface area (Å²) < 4.78 is 78.3. The molecule has 0 spiro atoms. The molecule has 0 saturated carbocycles. The molecule has 0 unspecified atom stereocenters. The molecule has 3 heterocycles. The number of halogens is 4. The van der Waals surface area contributed by atoms with Crippen LogP contribution in [0.3, 0.4) is 0 Å². The van der Waals surface area contributed by atoms with Crippen LogP contribution in [0, 0.1) is 17.5 Å². The van der Waals surface area contributed by atoms with E-state index in [0.29, 0.717) is 42.8 Å². The molecule has 4 aliphatic rings. The molecule has 18 heteroatoms. The summed E-state index contributed by atoms with van der Waals surface area (Å²) in [5.41, 5.74) is 3.14. The lowest BCUT2D eigenvalue weighted by Crippen LogP contribution is -2.43. The molecule has 2 amide bonds. The molecule has 0 fully saturated rings. The summed E-state index contributed by atoms with van der Waals surface area (Å²) in [7, 11) is -4.27. The molecule has 0 radical (unpaired) electrons. The van der Waals surface area contributed by atoms with Crippen molar-refractivity contribution in [1.82, 2.24) is 10.4 Å². The van der Waals surface area contributed by atoms with Crippen LogP contribution in [-0.2, 0) is 29.1 Å². The number of rotatable bonds is 10. The van der Waals surface area contributed by atoms with E-state index in [4.69, 9.17) is 21.1 Å². The number of nitrogens with zero attached hydrogens (tertiary/aromatic N) is 4. The van der Waals surface area contributed by atoms with Crippen LogP contribution >= 0.6 is 11.6 Å². The Hall–Kier alpha value is -4.90. The average molecular weight is 751 g/mol. The van der Waals surface area contributed by atoms with Crippen molar-refractivity contribution in [1.29, 1.82) is 0 Å². The molecule has 13 nitrogen and oxygen atoms in total. The van der Waals surface area contributed by atoms with Gasteiger partial charge < -0.3 is 9.47 Å². The Morgan fingerprint density at radius 1 is 1.02 bits per heavy atom. The topological polar surface area (TPSA) is 159 Å². The van der Waals surface area contributed by atoms with E-state index in [1.807, 2.05) is 11.6 Å². The van der Waals surface area contributed by atoms with E-state index < -0.39 is 62.7 Å². The monoisotopic (exact) mass is 750 g/mol. The minimum atomic E-state index is -4.27. The third-order valence-corrected chi connectivity index (χ3v) is 9.42. The van der Waals surface area contributed by atoms with E-state index >= 15 is 0 Å². The van der Waals surface area contributed by atoms with Crippen molar-refractivity contribution < 1.29 is 45.4 Å². The number of amides is 2. The van der Waals surface area contributed by atoms with E-state index in [9.17, 15) is 36.0 Å². The Morgan fingerprint density at radius 2 is 1.69 bits per heavy atom. The number of anilines is 2.